The van der Waals surface area contributed by atoms with Crippen molar-refractivity contribution < 1.29 is 4.74 Å². The Hall–Kier alpha value is -3.65. The molecule has 33 heavy (non-hydrogen) atoms. The maximum absolute atomic E-state index is 5.90. The summed E-state index contributed by atoms with van der Waals surface area (Å²) in [5.74, 6) is 2.33. The van der Waals surface area contributed by atoms with Crippen LogP contribution in [0.2, 0.25) is 0 Å². The molecule has 170 valence electrons. The summed E-state index contributed by atoms with van der Waals surface area (Å²) in [4.78, 5) is 13.6. The number of fused-ring (bicyclic) bond motifs is 1. The van der Waals surface area contributed by atoms with E-state index in [-0.39, 0.29) is 0 Å². The average molecular weight is 444 g/mol. The molecule has 1 aliphatic heterocycles. The molecule has 0 aliphatic carbocycles. The van der Waals surface area contributed by atoms with E-state index in [9.17, 15) is 0 Å². The molecule has 1 N–H and O–H groups in total. The number of hydrogen-bond acceptors (Lipinski definition) is 7. The van der Waals surface area contributed by atoms with Crippen LogP contribution in [0.3, 0.4) is 0 Å². The van der Waals surface area contributed by atoms with Gasteiger partial charge in [0, 0.05) is 38.1 Å². The van der Waals surface area contributed by atoms with Crippen molar-refractivity contribution in [1.29, 1.82) is 0 Å². The number of anilines is 3. The minimum Gasteiger partial charge on any atom is -0.492 e. The molecule has 5 rings (SSSR count). The highest BCUT2D eigenvalue weighted by Gasteiger charge is 2.12. The van der Waals surface area contributed by atoms with Gasteiger partial charge >= 0.3 is 0 Å². The molecule has 1 aromatic carbocycles. The third-order valence-electron chi connectivity index (χ3n) is 5.85. The zero-order valence-corrected chi connectivity index (χ0v) is 19.1. The van der Waals surface area contributed by atoms with Crippen LogP contribution in [0.1, 0.15) is 12.8 Å². The van der Waals surface area contributed by atoms with Crippen LogP contribution in [0.4, 0.5) is 17.5 Å². The largest absolute Gasteiger partial charge is 0.492 e. The lowest BCUT2D eigenvalue weighted by Gasteiger charge is -2.15. The monoisotopic (exact) mass is 443 g/mol. The Morgan fingerprint density at radius 1 is 1.00 bits per heavy atom. The number of ether oxygens (including phenoxy) is 1. The number of likely N-dealkylation sites (tertiary alicyclic amines) is 1. The standard InChI is InChI=1S/C25H29N7O/c1-30(2)23-13-8-19(18-26-23)22-6-5-7-24-28-25(29-32(22)24)27-20-9-11-21(12-10-20)33-17-16-31-14-3-4-15-31/h5-13,18H,3-4,14-17H2,1-2H3,(H,27,29). The molecule has 3 aromatic heterocycles. The van der Waals surface area contributed by atoms with Crippen LogP contribution in [-0.2, 0) is 0 Å². The van der Waals surface area contributed by atoms with Crippen molar-refractivity contribution >= 4 is 23.1 Å². The SMILES string of the molecule is CN(C)c1ccc(-c2cccc3nc(Nc4ccc(OCCN5CCCC5)cc4)nn23)cn1. The predicted octanol–water partition coefficient (Wildman–Crippen LogP) is 4.08. The van der Waals surface area contributed by atoms with Crippen LogP contribution in [-0.4, -0.2) is 64.8 Å². The Balaban J connectivity index is 1.27. The number of benzene rings is 1. The number of aromatic nitrogens is 4. The molecule has 1 saturated heterocycles. The number of hydrogen-bond donors (Lipinski definition) is 1. The number of rotatable bonds is 8. The van der Waals surface area contributed by atoms with Crippen molar-refractivity contribution in [3.05, 3.63) is 60.8 Å². The van der Waals surface area contributed by atoms with Gasteiger partial charge in [-0.25, -0.2) is 9.50 Å². The van der Waals surface area contributed by atoms with Crippen LogP contribution >= 0.6 is 0 Å². The second kappa shape index (κ2) is 9.46. The number of pyridine rings is 2. The normalized spacial score (nSPS) is 14.0. The van der Waals surface area contributed by atoms with Crippen LogP contribution in [0.15, 0.2) is 60.8 Å². The van der Waals surface area contributed by atoms with E-state index in [1.165, 1.54) is 25.9 Å². The third-order valence-corrected chi connectivity index (χ3v) is 5.85. The van der Waals surface area contributed by atoms with Gasteiger partial charge < -0.3 is 15.0 Å². The molecule has 4 aromatic rings. The highest BCUT2D eigenvalue weighted by Crippen LogP contribution is 2.23. The van der Waals surface area contributed by atoms with E-state index in [1.807, 2.05) is 84.3 Å². The van der Waals surface area contributed by atoms with Gasteiger partial charge in [0.05, 0.1) is 5.69 Å². The third kappa shape index (κ3) is 4.90. The van der Waals surface area contributed by atoms with Crippen molar-refractivity contribution in [3.63, 3.8) is 0 Å². The molecule has 0 saturated carbocycles. The summed E-state index contributed by atoms with van der Waals surface area (Å²) < 4.78 is 7.73. The van der Waals surface area contributed by atoms with E-state index >= 15 is 0 Å². The van der Waals surface area contributed by atoms with E-state index in [1.54, 1.807) is 0 Å². The molecule has 0 spiro atoms. The Kier molecular flexibility index (Phi) is 6.08. The summed E-state index contributed by atoms with van der Waals surface area (Å²) in [6, 6.07) is 17.9. The summed E-state index contributed by atoms with van der Waals surface area (Å²) in [6.07, 6.45) is 4.47. The number of nitrogens with one attached hydrogen (secondary N) is 1. The van der Waals surface area contributed by atoms with Gasteiger partial charge in [-0.3, -0.25) is 4.90 Å². The van der Waals surface area contributed by atoms with Crippen LogP contribution in [0, 0.1) is 0 Å². The Bertz CT molecular complexity index is 1200. The van der Waals surface area contributed by atoms with Gasteiger partial charge in [0.15, 0.2) is 5.65 Å². The Labute approximate surface area is 193 Å². The van der Waals surface area contributed by atoms with Gasteiger partial charge in [-0.1, -0.05) is 6.07 Å². The highest BCUT2D eigenvalue weighted by atomic mass is 16.5. The minimum atomic E-state index is 0.544. The lowest BCUT2D eigenvalue weighted by atomic mass is 10.2. The molecule has 8 heteroatoms. The molecule has 0 radical (unpaired) electrons. The van der Waals surface area contributed by atoms with Crippen LogP contribution in [0.25, 0.3) is 16.9 Å². The van der Waals surface area contributed by atoms with Crippen LogP contribution < -0.4 is 15.0 Å². The lowest BCUT2D eigenvalue weighted by molar-refractivity contribution is 0.238. The maximum atomic E-state index is 5.90. The lowest BCUT2D eigenvalue weighted by Crippen LogP contribution is -2.25. The van der Waals surface area contributed by atoms with Crippen molar-refractivity contribution in [1.82, 2.24) is 24.5 Å². The topological polar surface area (TPSA) is 70.8 Å². The van der Waals surface area contributed by atoms with Gasteiger partial charge in [0.25, 0.3) is 0 Å². The summed E-state index contributed by atoms with van der Waals surface area (Å²) >= 11 is 0. The van der Waals surface area contributed by atoms with E-state index in [4.69, 9.17) is 4.74 Å². The molecule has 0 amide bonds. The van der Waals surface area contributed by atoms with Crippen molar-refractivity contribution in [3.8, 4) is 17.0 Å². The van der Waals surface area contributed by atoms with Gasteiger partial charge in [0.2, 0.25) is 5.95 Å². The van der Waals surface area contributed by atoms with E-state index < -0.39 is 0 Å². The Morgan fingerprint density at radius 2 is 1.82 bits per heavy atom. The second-order valence-corrected chi connectivity index (χ2v) is 8.46. The number of nitrogens with zero attached hydrogens (tertiary/aromatic N) is 6. The fourth-order valence-corrected chi connectivity index (χ4v) is 4.04. The fraction of sp³-hybridized carbons (Fsp3) is 0.320. The first-order chi connectivity index (χ1) is 16.2. The molecule has 4 heterocycles. The first-order valence-corrected chi connectivity index (χ1v) is 11.4. The molecular formula is C25H29N7O. The van der Waals surface area contributed by atoms with Gasteiger partial charge in [-0.05, 0) is 74.5 Å². The molecule has 1 fully saturated rings. The molecule has 0 unspecified atom stereocenters. The first kappa shape index (κ1) is 21.2. The molecule has 0 atom stereocenters. The first-order valence-electron chi connectivity index (χ1n) is 11.4. The molecule has 0 bridgehead atoms. The zero-order valence-electron chi connectivity index (χ0n) is 19.1. The van der Waals surface area contributed by atoms with Crippen molar-refractivity contribution in [2.75, 3.05) is 50.6 Å². The van der Waals surface area contributed by atoms with Crippen molar-refractivity contribution in [2.24, 2.45) is 0 Å². The van der Waals surface area contributed by atoms with E-state index in [0.717, 1.165) is 40.7 Å². The minimum absolute atomic E-state index is 0.544. The highest BCUT2D eigenvalue weighted by molar-refractivity contribution is 5.65. The average Bonchev–Trinajstić information content (AvgIpc) is 3.49. The summed E-state index contributed by atoms with van der Waals surface area (Å²) in [6.45, 7) is 4.09. The van der Waals surface area contributed by atoms with Crippen LogP contribution in [0.5, 0.6) is 5.75 Å². The summed E-state index contributed by atoms with van der Waals surface area (Å²) in [7, 11) is 3.96. The molecule has 1 aliphatic rings. The Morgan fingerprint density at radius 3 is 2.55 bits per heavy atom. The fourth-order valence-electron chi connectivity index (χ4n) is 4.04. The summed E-state index contributed by atoms with van der Waals surface area (Å²) in [5.41, 5.74) is 3.61. The van der Waals surface area contributed by atoms with E-state index in [2.05, 4.69) is 25.3 Å². The van der Waals surface area contributed by atoms with Gasteiger partial charge in [-0.2, -0.15) is 4.98 Å². The van der Waals surface area contributed by atoms with Crippen molar-refractivity contribution in [2.45, 2.75) is 12.8 Å². The smallest absolute Gasteiger partial charge is 0.247 e. The molecule has 8 nitrogen and oxygen atoms in total. The predicted molar refractivity (Wildman–Crippen MR) is 131 cm³/mol. The summed E-state index contributed by atoms with van der Waals surface area (Å²) in [5, 5.41) is 7.97. The quantitative estimate of drug-likeness (QED) is 0.440. The van der Waals surface area contributed by atoms with Gasteiger partial charge in [0.1, 0.15) is 18.2 Å². The second-order valence-electron chi connectivity index (χ2n) is 8.46. The van der Waals surface area contributed by atoms with E-state index in [0.29, 0.717) is 12.6 Å². The zero-order chi connectivity index (χ0) is 22.6. The molecular weight excluding hydrogens is 414 g/mol. The van der Waals surface area contributed by atoms with Gasteiger partial charge in [-0.15, -0.1) is 5.10 Å². The maximum Gasteiger partial charge on any atom is 0.247 e.